The minimum atomic E-state index is -0.447. The highest BCUT2D eigenvalue weighted by Gasteiger charge is 2.20. The van der Waals surface area contributed by atoms with E-state index in [4.69, 9.17) is 0 Å². The number of carbonyl (C=O) groups excluding carboxylic acids is 1. The lowest BCUT2D eigenvalue weighted by atomic mass is 10.3. The third-order valence-electron chi connectivity index (χ3n) is 4.31. The first-order valence-corrected chi connectivity index (χ1v) is 9.31. The minimum absolute atomic E-state index is 0.222. The first-order chi connectivity index (χ1) is 13.6. The number of nitrogens with zero attached hydrogens (tertiary/aromatic N) is 5. The van der Waals surface area contributed by atoms with Crippen LogP contribution in [0.25, 0.3) is 16.4 Å². The van der Waals surface area contributed by atoms with Crippen molar-refractivity contribution in [3.63, 3.8) is 0 Å². The van der Waals surface area contributed by atoms with Crippen molar-refractivity contribution < 1.29 is 4.79 Å². The number of amides is 1. The summed E-state index contributed by atoms with van der Waals surface area (Å²) in [4.78, 5) is 38.1. The number of aromatic nitrogens is 5. The van der Waals surface area contributed by atoms with Crippen LogP contribution >= 0.6 is 11.3 Å². The average molecular weight is 392 g/mol. The fourth-order valence-corrected chi connectivity index (χ4v) is 3.56. The second-order valence-electron chi connectivity index (χ2n) is 6.02. The Morgan fingerprint density at radius 2 is 1.96 bits per heavy atom. The maximum Gasteiger partial charge on any atom is 0.295 e. The second kappa shape index (κ2) is 7.20. The van der Waals surface area contributed by atoms with E-state index in [-0.39, 0.29) is 16.9 Å². The number of nitrogens with one attached hydrogen (secondary N) is 1. The van der Waals surface area contributed by atoms with Crippen LogP contribution in [0.2, 0.25) is 0 Å². The molecule has 0 atom stereocenters. The number of para-hydroxylation sites is 1. The van der Waals surface area contributed by atoms with Crippen LogP contribution in [0.4, 0.5) is 5.69 Å². The Kier molecular flexibility index (Phi) is 4.58. The van der Waals surface area contributed by atoms with Crippen LogP contribution in [0.5, 0.6) is 0 Å². The van der Waals surface area contributed by atoms with Crippen molar-refractivity contribution in [3.05, 3.63) is 76.0 Å². The molecule has 4 aromatic rings. The summed E-state index contributed by atoms with van der Waals surface area (Å²) in [5.41, 5.74) is 2.10. The van der Waals surface area contributed by atoms with Crippen LogP contribution in [0.1, 0.15) is 16.2 Å². The van der Waals surface area contributed by atoms with Gasteiger partial charge in [0.25, 0.3) is 11.5 Å². The fraction of sp³-hybridized carbons (Fsp3) is 0.105. The molecule has 0 aliphatic heterocycles. The number of rotatable bonds is 4. The lowest BCUT2D eigenvalue weighted by Gasteiger charge is -2.07. The van der Waals surface area contributed by atoms with Crippen LogP contribution in [0.15, 0.2) is 59.1 Å². The number of thiazole rings is 1. The Labute approximate surface area is 164 Å². The highest BCUT2D eigenvalue weighted by Crippen LogP contribution is 2.22. The van der Waals surface area contributed by atoms with Gasteiger partial charge < -0.3 is 5.32 Å². The zero-order chi connectivity index (χ0) is 19.7. The largest absolute Gasteiger partial charge is 0.314 e. The molecule has 0 unspecified atom stereocenters. The van der Waals surface area contributed by atoms with Gasteiger partial charge in [-0.25, -0.2) is 9.67 Å². The molecule has 0 saturated carbocycles. The molecule has 8 nitrogen and oxygen atoms in total. The highest BCUT2D eigenvalue weighted by atomic mass is 32.1. The van der Waals surface area contributed by atoms with Gasteiger partial charge in [-0.15, -0.1) is 11.3 Å². The second-order valence-corrected chi connectivity index (χ2v) is 6.88. The van der Waals surface area contributed by atoms with Crippen molar-refractivity contribution in [2.24, 2.45) is 7.05 Å². The smallest absolute Gasteiger partial charge is 0.295 e. The molecule has 1 amide bonds. The van der Waals surface area contributed by atoms with Gasteiger partial charge in [-0.2, -0.15) is 0 Å². The number of hydrogen-bond acceptors (Lipinski definition) is 6. The Bertz CT molecular complexity index is 1190. The van der Waals surface area contributed by atoms with E-state index in [1.807, 2.05) is 30.3 Å². The fourth-order valence-electron chi connectivity index (χ4n) is 2.80. The van der Waals surface area contributed by atoms with Crippen molar-refractivity contribution in [2.45, 2.75) is 6.92 Å². The van der Waals surface area contributed by atoms with Gasteiger partial charge in [0.2, 0.25) is 0 Å². The Morgan fingerprint density at radius 1 is 1.18 bits per heavy atom. The summed E-state index contributed by atoms with van der Waals surface area (Å²) in [6.45, 7) is 1.78. The third-order valence-corrected chi connectivity index (χ3v) is 5.18. The molecule has 3 aromatic heterocycles. The lowest BCUT2D eigenvalue weighted by molar-refractivity contribution is 0.102. The molecule has 0 radical (unpaired) electrons. The summed E-state index contributed by atoms with van der Waals surface area (Å²) >= 11 is 1.29. The van der Waals surface area contributed by atoms with Gasteiger partial charge in [-0.1, -0.05) is 18.2 Å². The molecule has 0 aliphatic carbocycles. The molecule has 140 valence electrons. The van der Waals surface area contributed by atoms with Crippen molar-refractivity contribution in [2.75, 3.05) is 5.32 Å². The molecule has 1 N–H and O–H groups in total. The van der Waals surface area contributed by atoms with E-state index in [0.717, 1.165) is 5.69 Å². The van der Waals surface area contributed by atoms with Crippen molar-refractivity contribution in [1.29, 1.82) is 0 Å². The maximum atomic E-state index is 12.9. The van der Waals surface area contributed by atoms with Crippen LogP contribution in [-0.4, -0.2) is 30.2 Å². The van der Waals surface area contributed by atoms with E-state index >= 15 is 0 Å². The molecule has 0 bridgehead atoms. The molecule has 0 fully saturated rings. The van der Waals surface area contributed by atoms with Crippen LogP contribution in [0.3, 0.4) is 0 Å². The molecular formula is C19H16N6O2S. The normalized spacial score (nSPS) is 10.8. The average Bonchev–Trinajstić information content (AvgIpc) is 3.30. The number of benzene rings is 1. The SMILES string of the molecule is Cc1c(NC(=O)c2csc(-c3cnccn3)n2)c(=O)n(-c2ccccc2)n1C. The Morgan fingerprint density at radius 3 is 2.68 bits per heavy atom. The molecule has 4 rings (SSSR count). The number of anilines is 1. The molecule has 0 spiro atoms. The first kappa shape index (κ1) is 17.8. The first-order valence-electron chi connectivity index (χ1n) is 8.43. The Hall–Kier alpha value is -3.59. The number of hydrogen-bond donors (Lipinski definition) is 1. The van der Waals surface area contributed by atoms with Gasteiger partial charge in [-0.3, -0.25) is 24.2 Å². The number of carbonyl (C=O) groups is 1. The summed E-state index contributed by atoms with van der Waals surface area (Å²) in [7, 11) is 1.77. The predicted octanol–water partition coefficient (Wildman–Crippen LogP) is 2.65. The Balaban J connectivity index is 1.64. The summed E-state index contributed by atoms with van der Waals surface area (Å²) in [6, 6.07) is 9.25. The van der Waals surface area contributed by atoms with Crippen molar-refractivity contribution in [1.82, 2.24) is 24.3 Å². The van der Waals surface area contributed by atoms with Crippen molar-refractivity contribution in [3.8, 4) is 16.4 Å². The quantitative estimate of drug-likeness (QED) is 0.576. The topological polar surface area (TPSA) is 94.7 Å². The van der Waals surface area contributed by atoms with Crippen LogP contribution in [0, 0.1) is 6.92 Å². The van der Waals surface area contributed by atoms with E-state index in [2.05, 4.69) is 20.3 Å². The van der Waals surface area contributed by atoms with E-state index in [1.165, 1.54) is 16.0 Å². The van der Waals surface area contributed by atoms with Gasteiger partial charge in [0.15, 0.2) is 0 Å². The molecule has 9 heteroatoms. The van der Waals surface area contributed by atoms with Crippen molar-refractivity contribution >= 4 is 22.9 Å². The molecule has 28 heavy (non-hydrogen) atoms. The van der Waals surface area contributed by atoms with Gasteiger partial charge in [0, 0.05) is 24.8 Å². The van der Waals surface area contributed by atoms with E-state index in [0.29, 0.717) is 16.4 Å². The maximum absolute atomic E-state index is 12.9. The van der Waals surface area contributed by atoms with Gasteiger partial charge in [-0.05, 0) is 19.1 Å². The third kappa shape index (κ3) is 3.12. The molecule has 0 saturated heterocycles. The highest BCUT2D eigenvalue weighted by molar-refractivity contribution is 7.13. The summed E-state index contributed by atoms with van der Waals surface area (Å²) < 4.78 is 3.22. The summed E-state index contributed by atoms with van der Waals surface area (Å²) in [5, 5.41) is 4.93. The predicted molar refractivity (Wildman–Crippen MR) is 107 cm³/mol. The summed E-state index contributed by atoms with van der Waals surface area (Å²) in [5.74, 6) is -0.447. The van der Waals surface area contributed by atoms with Crippen LogP contribution in [-0.2, 0) is 7.05 Å². The molecule has 0 aliphatic rings. The zero-order valence-corrected chi connectivity index (χ0v) is 16.0. The molecule has 1 aromatic carbocycles. The van der Waals surface area contributed by atoms with E-state index in [9.17, 15) is 9.59 Å². The van der Waals surface area contributed by atoms with E-state index < -0.39 is 5.91 Å². The lowest BCUT2D eigenvalue weighted by Crippen LogP contribution is -2.23. The summed E-state index contributed by atoms with van der Waals surface area (Å²) in [6.07, 6.45) is 4.72. The monoisotopic (exact) mass is 392 g/mol. The minimum Gasteiger partial charge on any atom is -0.314 e. The van der Waals surface area contributed by atoms with Gasteiger partial charge >= 0.3 is 0 Å². The zero-order valence-electron chi connectivity index (χ0n) is 15.2. The van der Waals surface area contributed by atoms with Gasteiger partial charge in [0.1, 0.15) is 22.1 Å². The molecular weight excluding hydrogens is 376 g/mol. The van der Waals surface area contributed by atoms with Crippen LogP contribution < -0.4 is 10.9 Å². The van der Waals surface area contributed by atoms with Gasteiger partial charge in [0.05, 0.1) is 17.6 Å². The molecule has 3 heterocycles. The standard InChI is InChI=1S/C19H16N6O2S/c1-12-16(19(27)25(24(12)2)13-6-4-3-5-7-13)23-17(26)15-11-28-18(22-15)14-10-20-8-9-21-14/h3-11H,1-2H3,(H,23,26). The van der Waals surface area contributed by atoms with E-state index in [1.54, 1.807) is 42.6 Å².